The number of benzene rings is 1. The van der Waals surface area contributed by atoms with Crippen molar-refractivity contribution in [2.75, 3.05) is 5.32 Å². The second-order valence-corrected chi connectivity index (χ2v) is 5.75. The maximum atomic E-state index is 12.7. The highest BCUT2D eigenvalue weighted by molar-refractivity contribution is 5.94. The number of nitrogens with zero attached hydrogens (tertiary/aromatic N) is 6. The standard InChI is InChI=1S/C17H15N7O3/c1-11-15(24(26)27)10-20-22(11)12(2)17(25)21-16-13(8-18)9-19-23(16)14-6-4-3-5-7-14/h3-7,9-10,12H,1-2H3,(H,21,25). The fraction of sp³-hybridized carbons (Fsp3) is 0.176. The largest absolute Gasteiger partial charge is 0.309 e. The quantitative estimate of drug-likeness (QED) is 0.545. The molecule has 0 aliphatic heterocycles. The zero-order valence-electron chi connectivity index (χ0n) is 14.5. The van der Waals surface area contributed by atoms with Crippen LogP contribution < -0.4 is 5.32 Å². The van der Waals surface area contributed by atoms with Gasteiger partial charge in [0, 0.05) is 0 Å². The Labute approximate surface area is 153 Å². The molecular weight excluding hydrogens is 350 g/mol. The molecule has 1 N–H and O–H groups in total. The number of anilines is 1. The molecule has 1 atom stereocenters. The molecule has 3 aromatic rings. The summed E-state index contributed by atoms with van der Waals surface area (Å²) in [5.41, 5.74) is 0.969. The zero-order valence-corrected chi connectivity index (χ0v) is 14.5. The summed E-state index contributed by atoms with van der Waals surface area (Å²) in [6, 6.07) is 10.2. The number of para-hydroxylation sites is 1. The van der Waals surface area contributed by atoms with Crippen molar-refractivity contribution >= 4 is 17.4 Å². The van der Waals surface area contributed by atoms with Crippen molar-refractivity contribution in [3.63, 3.8) is 0 Å². The highest BCUT2D eigenvalue weighted by Crippen LogP contribution is 2.23. The fourth-order valence-corrected chi connectivity index (χ4v) is 2.63. The van der Waals surface area contributed by atoms with Crippen molar-refractivity contribution in [3.05, 3.63) is 64.1 Å². The number of hydrogen-bond acceptors (Lipinski definition) is 6. The third-order valence-corrected chi connectivity index (χ3v) is 4.09. The van der Waals surface area contributed by atoms with Gasteiger partial charge in [-0.2, -0.15) is 15.5 Å². The van der Waals surface area contributed by atoms with E-state index in [1.54, 1.807) is 19.1 Å². The first kappa shape index (κ1) is 17.8. The Kier molecular flexibility index (Phi) is 4.68. The molecule has 1 unspecified atom stereocenters. The maximum Gasteiger partial charge on any atom is 0.309 e. The fourth-order valence-electron chi connectivity index (χ4n) is 2.63. The van der Waals surface area contributed by atoms with Gasteiger partial charge in [0.1, 0.15) is 29.6 Å². The van der Waals surface area contributed by atoms with E-state index in [4.69, 9.17) is 0 Å². The van der Waals surface area contributed by atoms with Gasteiger partial charge in [0.15, 0.2) is 5.82 Å². The van der Waals surface area contributed by atoms with Crippen LogP contribution in [0.15, 0.2) is 42.7 Å². The molecule has 1 aromatic carbocycles. The van der Waals surface area contributed by atoms with Gasteiger partial charge in [0.05, 0.1) is 16.8 Å². The molecule has 3 rings (SSSR count). The predicted molar refractivity (Wildman–Crippen MR) is 95.2 cm³/mol. The van der Waals surface area contributed by atoms with E-state index in [1.807, 2.05) is 24.3 Å². The Morgan fingerprint density at radius 3 is 2.59 bits per heavy atom. The number of carbonyl (C=O) groups is 1. The Hall–Kier alpha value is -4.00. The monoisotopic (exact) mass is 365 g/mol. The Morgan fingerprint density at radius 1 is 1.30 bits per heavy atom. The van der Waals surface area contributed by atoms with Gasteiger partial charge in [-0.05, 0) is 26.0 Å². The van der Waals surface area contributed by atoms with Crippen LogP contribution in [0.4, 0.5) is 11.5 Å². The number of hydrogen-bond donors (Lipinski definition) is 1. The van der Waals surface area contributed by atoms with E-state index < -0.39 is 16.9 Å². The third-order valence-electron chi connectivity index (χ3n) is 4.09. The van der Waals surface area contributed by atoms with Crippen LogP contribution in [0.25, 0.3) is 5.69 Å². The molecule has 0 bridgehead atoms. The molecule has 0 aliphatic rings. The van der Waals surface area contributed by atoms with E-state index >= 15 is 0 Å². The number of aromatic nitrogens is 4. The van der Waals surface area contributed by atoms with Crippen molar-refractivity contribution in [2.24, 2.45) is 0 Å². The first-order valence-electron chi connectivity index (χ1n) is 7.97. The molecule has 1 amide bonds. The van der Waals surface area contributed by atoms with Crippen LogP contribution in [0.1, 0.15) is 24.2 Å². The van der Waals surface area contributed by atoms with Crippen LogP contribution >= 0.6 is 0 Å². The smallest absolute Gasteiger partial charge is 0.308 e. The number of carbonyl (C=O) groups excluding carboxylic acids is 1. The molecule has 10 heteroatoms. The predicted octanol–water partition coefficient (Wildman–Crippen LogP) is 2.36. The molecular formula is C17H15N7O3. The molecule has 136 valence electrons. The summed E-state index contributed by atoms with van der Waals surface area (Å²) in [5, 5.41) is 31.1. The van der Waals surface area contributed by atoms with Gasteiger partial charge in [-0.3, -0.25) is 19.6 Å². The normalized spacial score (nSPS) is 11.6. The lowest BCUT2D eigenvalue weighted by molar-refractivity contribution is -0.385. The minimum absolute atomic E-state index is 0.165. The van der Waals surface area contributed by atoms with Gasteiger partial charge < -0.3 is 5.32 Å². The Balaban J connectivity index is 1.92. The molecule has 2 aromatic heterocycles. The Morgan fingerprint density at radius 2 is 2.00 bits per heavy atom. The van der Waals surface area contributed by atoms with E-state index in [9.17, 15) is 20.2 Å². The van der Waals surface area contributed by atoms with E-state index in [-0.39, 0.29) is 22.8 Å². The lowest BCUT2D eigenvalue weighted by Crippen LogP contribution is -2.26. The van der Waals surface area contributed by atoms with Crippen LogP contribution in [-0.4, -0.2) is 30.4 Å². The van der Waals surface area contributed by atoms with Gasteiger partial charge in [0.2, 0.25) is 5.91 Å². The van der Waals surface area contributed by atoms with Gasteiger partial charge >= 0.3 is 5.69 Å². The van der Waals surface area contributed by atoms with Crippen molar-refractivity contribution < 1.29 is 9.72 Å². The van der Waals surface area contributed by atoms with Crippen LogP contribution in [0, 0.1) is 28.4 Å². The number of rotatable bonds is 5. The Bertz CT molecular complexity index is 1050. The van der Waals surface area contributed by atoms with Crippen LogP contribution in [0.5, 0.6) is 0 Å². The van der Waals surface area contributed by atoms with Crippen molar-refractivity contribution in [2.45, 2.75) is 19.9 Å². The topological polar surface area (TPSA) is 132 Å². The average molecular weight is 365 g/mol. The highest BCUT2D eigenvalue weighted by atomic mass is 16.6. The van der Waals surface area contributed by atoms with Gasteiger partial charge in [0.25, 0.3) is 0 Å². The van der Waals surface area contributed by atoms with E-state index in [2.05, 4.69) is 15.5 Å². The lowest BCUT2D eigenvalue weighted by atomic mass is 10.2. The summed E-state index contributed by atoms with van der Waals surface area (Å²) < 4.78 is 2.71. The summed E-state index contributed by atoms with van der Waals surface area (Å²) in [6.45, 7) is 3.08. The van der Waals surface area contributed by atoms with E-state index in [0.717, 1.165) is 6.20 Å². The summed E-state index contributed by atoms with van der Waals surface area (Å²) in [4.78, 5) is 23.1. The number of nitrogens with one attached hydrogen (secondary N) is 1. The molecule has 10 nitrogen and oxygen atoms in total. The van der Waals surface area contributed by atoms with Crippen molar-refractivity contribution in [1.29, 1.82) is 5.26 Å². The summed E-state index contributed by atoms with van der Waals surface area (Å²) in [7, 11) is 0. The molecule has 0 spiro atoms. The SMILES string of the molecule is Cc1c([N+](=O)[O-])cnn1C(C)C(=O)Nc1c(C#N)cnn1-c1ccccc1. The molecule has 0 saturated carbocycles. The number of amides is 1. The molecule has 0 radical (unpaired) electrons. The van der Waals surface area contributed by atoms with E-state index in [0.29, 0.717) is 5.69 Å². The van der Waals surface area contributed by atoms with Crippen LogP contribution in [0.3, 0.4) is 0 Å². The minimum Gasteiger partial charge on any atom is -0.308 e. The molecule has 27 heavy (non-hydrogen) atoms. The second-order valence-electron chi connectivity index (χ2n) is 5.75. The van der Waals surface area contributed by atoms with Crippen LogP contribution in [-0.2, 0) is 4.79 Å². The molecule has 0 saturated heterocycles. The van der Waals surface area contributed by atoms with Gasteiger partial charge in [-0.25, -0.2) is 4.68 Å². The second kappa shape index (κ2) is 7.09. The van der Waals surface area contributed by atoms with Crippen LogP contribution in [0.2, 0.25) is 0 Å². The lowest BCUT2D eigenvalue weighted by Gasteiger charge is -2.15. The summed E-state index contributed by atoms with van der Waals surface area (Å²) in [5.74, 6) is -0.259. The molecule has 0 fully saturated rings. The average Bonchev–Trinajstić information content (AvgIpc) is 3.25. The minimum atomic E-state index is -0.829. The third kappa shape index (κ3) is 3.25. The number of nitro groups is 1. The van der Waals surface area contributed by atoms with Gasteiger partial charge in [-0.15, -0.1) is 0 Å². The molecule has 2 heterocycles. The first-order valence-corrected chi connectivity index (χ1v) is 7.97. The van der Waals surface area contributed by atoms with E-state index in [1.165, 1.54) is 22.5 Å². The summed E-state index contributed by atoms with van der Waals surface area (Å²) in [6.07, 6.45) is 2.46. The van der Waals surface area contributed by atoms with Gasteiger partial charge in [-0.1, -0.05) is 18.2 Å². The van der Waals surface area contributed by atoms with Crippen molar-refractivity contribution in [3.8, 4) is 11.8 Å². The summed E-state index contributed by atoms with van der Waals surface area (Å²) >= 11 is 0. The number of nitriles is 1. The van der Waals surface area contributed by atoms with Crippen molar-refractivity contribution in [1.82, 2.24) is 19.6 Å². The molecule has 0 aliphatic carbocycles. The maximum absolute atomic E-state index is 12.7. The zero-order chi connectivity index (χ0) is 19.6. The highest BCUT2D eigenvalue weighted by Gasteiger charge is 2.25. The first-order chi connectivity index (χ1) is 12.9.